The second kappa shape index (κ2) is 3.56. The molecule has 0 heterocycles. The smallest absolute Gasteiger partial charge is 0.258 e. The number of rotatable bonds is 1. The summed E-state index contributed by atoms with van der Waals surface area (Å²) in [5.74, 6) is 0. The van der Waals surface area contributed by atoms with E-state index in [1.54, 1.807) is 0 Å². The van der Waals surface area contributed by atoms with E-state index in [0.29, 0.717) is 6.07 Å². The van der Waals surface area contributed by atoms with E-state index in [-0.39, 0.29) is 4.47 Å². The Morgan fingerprint density at radius 1 is 1.43 bits per heavy atom. The number of nitro groups is 1. The fourth-order valence-corrected chi connectivity index (χ4v) is 1.23. The Hall–Kier alpha value is -1.11. The van der Waals surface area contributed by atoms with E-state index in [2.05, 4.69) is 22.0 Å². The van der Waals surface area contributed by atoms with Crippen LogP contribution in [0.15, 0.2) is 16.6 Å². The van der Waals surface area contributed by atoms with Crippen LogP contribution in [-0.2, 0) is 6.18 Å². The first-order chi connectivity index (χ1) is 6.30. The van der Waals surface area contributed by atoms with Crippen molar-refractivity contribution in [2.75, 3.05) is 0 Å². The first-order valence-corrected chi connectivity index (χ1v) is 4.04. The van der Waals surface area contributed by atoms with Crippen LogP contribution in [0.2, 0.25) is 0 Å². The Labute approximate surface area is 84.8 Å². The number of non-ortho nitro benzene ring substituents is 1. The highest BCUT2D eigenvalue weighted by molar-refractivity contribution is 9.10. The van der Waals surface area contributed by atoms with E-state index in [1.165, 1.54) is 0 Å². The number of nitro benzene ring substituents is 1. The van der Waals surface area contributed by atoms with Crippen molar-refractivity contribution in [2.24, 2.45) is 0 Å². The van der Waals surface area contributed by atoms with Crippen molar-refractivity contribution in [1.82, 2.24) is 0 Å². The molecule has 1 aromatic rings. The Bertz CT molecular complexity index is 378. The van der Waals surface area contributed by atoms with Crippen LogP contribution in [0.3, 0.4) is 0 Å². The van der Waals surface area contributed by atoms with Crippen LogP contribution in [0.4, 0.5) is 18.9 Å². The molecule has 0 aromatic heterocycles. The molecule has 0 N–H and O–H groups in total. The van der Waals surface area contributed by atoms with Crippen molar-refractivity contribution in [3.05, 3.63) is 38.3 Å². The molecular weight excluding hydrogens is 267 g/mol. The molecule has 0 aliphatic rings. The van der Waals surface area contributed by atoms with Crippen LogP contribution < -0.4 is 0 Å². The Balaban J connectivity index is 3.28. The number of hydrogen-bond acceptors (Lipinski definition) is 2. The standard InChI is InChI=1S/C7H2BrF3NO2/c8-5-1-4(7(9,10)11)2-6(3-5)12(13)14/h1-2H. The second-order valence-electron chi connectivity index (χ2n) is 2.36. The van der Waals surface area contributed by atoms with E-state index in [1.807, 2.05) is 0 Å². The summed E-state index contributed by atoms with van der Waals surface area (Å²) < 4.78 is 36.4. The van der Waals surface area contributed by atoms with Crippen LogP contribution >= 0.6 is 15.9 Å². The molecule has 75 valence electrons. The lowest BCUT2D eigenvalue weighted by molar-refractivity contribution is -0.385. The molecule has 0 aliphatic heterocycles. The van der Waals surface area contributed by atoms with Gasteiger partial charge in [0.15, 0.2) is 0 Å². The van der Waals surface area contributed by atoms with Gasteiger partial charge in [-0.1, -0.05) is 0 Å². The fourth-order valence-electron chi connectivity index (χ4n) is 0.782. The minimum Gasteiger partial charge on any atom is -0.258 e. The van der Waals surface area contributed by atoms with Crippen LogP contribution in [0, 0.1) is 16.2 Å². The predicted molar refractivity (Wildman–Crippen MR) is 44.6 cm³/mol. The average Bonchev–Trinajstić information content (AvgIpc) is 2.01. The highest BCUT2D eigenvalue weighted by Gasteiger charge is 2.32. The topological polar surface area (TPSA) is 43.1 Å². The Morgan fingerprint density at radius 3 is 2.43 bits per heavy atom. The van der Waals surface area contributed by atoms with Crippen molar-refractivity contribution in [3.8, 4) is 0 Å². The van der Waals surface area contributed by atoms with Gasteiger partial charge in [-0.05, 0) is 22.0 Å². The highest BCUT2D eigenvalue weighted by Crippen LogP contribution is 2.33. The Morgan fingerprint density at radius 2 is 2.00 bits per heavy atom. The van der Waals surface area contributed by atoms with E-state index in [9.17, 15) is 23.3 Å². The third-order valence-electron chi connectivity index (χ3n) is 1.35. The third kappa shape index (κ3) is 2.44. The van der Waals surface area contributed by atoms with Gasteiger partial charge in [0.05, 0.1) is 16.6 Å². The van der Waals surface area contributed by atoms with Gasteiger partial charge >= 0.3 is 6.18 Å². The SMILES string of the molecule is O=[N+]([O-])c1[c]c(Br)cc(C(F)(F)F)c1. The van der Waals surface area contributed by atoms with Gasteiger partial charge in [-0.15, -0.1) is 0 Å². The third-order valence-corrected chi connectivity index (χ3v) is 1.77. The Kier molecular flexibility index (Phi) is 2.79. The number of alkyl halides is 3. The summed E-state index contributed by atoms with van der Waals surface area (Å²) in [6.45, 7) is 0. The van der Waals surface area contributed by atoms with E-state index in [0.717, 1.165) is 6.07 Å². The number of halogens is 4. The molecule has 0 amide bonds. The first-order valence-electron chi connectivity index (χ1n) is 3.25. The largest absolute Gasteiger partial charge is 0.416 e. The number of nitrogens with zero attached hydrogens (tertiary/aromatic N) is 1. The molecule has 0 spiro atoms. The minimum absolute atomic E-state index is 0.0981. The van der Waals surface area contributed by atoms with Gasteiger partial charge in [0, 0.05) is 10.5 Å². The van der Waals surface area contributed by atoms with Gasteiger partial charge in [0.25, 0.3) is 5.69 Å². The molecule has 7 heteroatoms. The molecular formula is C7H2BrF3NO2. The summed E-state index contributed by atoms with van der Waals surface area (Å²) >= 11 is 2.71. The zero-order valence-corrected chi connectivity index (χ0v) is 8.02. The summed E-state index contributed by atoms with van der Waals surface area (Å²) in [5.41, 5.74) is -1.79. The molecule has 0 unspecified atom stereocenters. The molecule has 14 heavy (non-hydrogen) atoms. The van der Waals surface area contributed by atoms with E-state index < -0.39 is 22.4 Å². The molecule has 3 nitrogen and oxygen atoms in total. The predicted octanol–water partition coefficient (Wildman–Crippen LogP) is 3.18. The monoisotopic (exact) mass is 268 g/mol. The number of hydrogen-bond donors (Lipinski definition) is 0. The molecule has 0 aliphatic carbocycles. The molecule has 0 saturated heterocycles. The molecule has 0 atom stereocenters. The molecule has 0 saturated carbocycles. The van der Waals surface area contributed by atoms with Crippen LogP contribution in [0.1, 0.15) is 5.56 Å². The highest BCUT2D eigenvalue weighted by atomic mass is 79.9. The zero-order valence-electron chi connectivity index (χ0n) is 6.43. The van der Waals surface area contributed by atoms with Crippen LogP contribution in [-0.4, -0.2) is 4.92 Å². The van der Waals surface area contributed by atoms with Gasteiger partial charge < -0.3 is 0 Å². The normalized spacial score (nSPS) is 11.4. The summed E-state index contributed by atoms with van der Waals surface area (Å²) in [7, 11) is 0. The van der Waals surface area contributed by atoms with E-state index in [4.69, 9.17) is 0 Å². The first kappa shape index (κ1) is 11.0. The molecule has 1 rings (SSSR count). The van der Waals surface area contributed by atoms with Crippen molar-refractivity contribution in [2.45, 2.75) is 6.18 Å². The van der Waals surface area contributed by atoms with Gasteiger partial charge in [-0.2, -0.15) is 13.2 Å². The van der Waals surface area contributed by atoms with Crippen molar-refractivity contribution in [3.63, 3.8) is 0 Å². The summed E-state index contributed by atoms with van der Waals surface area (Å²) in [4.78, 5) is 9.29. The van der Waals surface area contributed by atoms with Crippen molar-refractivity contribution in [1.29, 1.82) is 0 Å². The maximum absolute atomic E-state index is 12.2. The van der Waals surface area contributed by atoms with E-state index >= 15 is 0 Å². The summed E-state index contributed by atoms with van der Waals surface area (Å²) in [5, 5.41) is 10.2. The van der Waals surface area contributed by atoms with Gasteiger partial charge in [-0.25, -0.2) is 0 Å². The zero-order chi connectivity index (χ0) is 10.9. The lowest BCUT2D eigenvalue weighted by atomic mass is 10.2. The maximum Gasteiger partial charge on any atom is 0.416 e. The molecule has 0 fully saturated rings. The summed E-state index contributed by atoms with van der Waals surface area (Å²) in [6, 6.07) is 3.30. The quantitative estimate of drug-likeness (QED) is 0.580. The van der Waals surface area contributed by atoms with Crippen LogP contribution in [0.25, 0.3) is 0 Å². The van der Waals surface area contributed by atoms with Crippen molar-refractivity contribution < 1.29 is 18.1 Å². The van der Waals surface area contributed by atoms with Gasteiger partial charge in [-0.3, -0.25) is 10.1 Å². The molecule has 1 radical (unpaired) electrons. The maximum atomic E-state index is 12.2. The van der Waals surface area contributed by atoms with Gasteiger partial charge in [0.1, 0.15) is 0 Å². The van der Waals surface area contributed by atoms with Crippen LogP contribution in [0.5, 0.6) is 0 Å². The fraction of sp³-hybridized carbons (Fsp3) is 0.143. The molecule has 0 bridgehead atoms. The second-order valence-corrected chi connectivity index (χ2v) is 3.21. The molecule has 1 aromatic carbocycles. The number of benzene rings is 1. The summed E-state index contributed by atoms with van der Waals surface area (Å²) in [6.07, 6.45) is -4.59. The average molecular weight is 269 g/mol. The van der Waals surface area contributed by atoms with Crippen molar-refractivity contribution >= 4 is 21.6 Å². The van der Waals surface area contributed by atoms with Gasteiger partial charge in [0.2, 0.25) is 0 Å². The lowest BCUT2D eigenvalue weighted by Crippen LogP contribution is -2.05. The minimum atomic E-state index is -4.59. The lowest BCUT2D eigenvalue weighted by Gasteiger charge is -2.05.